The average Bonchev–Trinajstić information content (AvgIpc) is 2.93. The Morgan fingerprint density at radius 3 is 3.10 bits per heavy atom. The van der Waals surface area contributed by atoms with Gasteiger partial charge in [0.05, 0.1) is 6.10 Å². The summed E-state index contributed by atoms with van der Waals surface area (Å²) < 4.78 is 5.61. The highest BCUT2D eigenvalue weighted by Crippen LogP contribution is 2.23. The molecule has 3 rings (SSSR count). The molecule has 2 aliphatic rings. The molecular formula is C15H21ClN2O2. The molecule has 1 fully saturated rings. The SMILES string of the molecule is Cl.O=C(NCC1CCCCO1)c1ccc2c(c1)CCN2. The molecule has 5 heteroatoms. The summed E-state index contributed by atoms with van der Waals surface area (Å²) >= 11 is 0. The van der Waals surface area contributed by atoms with Gasteiger partial charge in [-0.2, -0.15) is 0 Å². The van der Waals surface area contributed by atoms with Crippen molar-refractivity contribution in [1.29, 1.82) is 0 Å². The van der Waals surface area contributed by atoms with Crippen molar-refractivity contribution in [3.05, 3.63) is 29.3 Å². The van der Waals surface area contributed by atoms with E-state index in [9.17, 15) is 4.79 Å². The van der Waals surface area contributed by atoms with Gasteiger partial charge in [0.15, 0.2) is 0 Å². The molecular weight excluding hydrogens is 276 g/mol. The van der Waals surface area contributed by atoms with Crippen molar-refractivity contribution >= 4 is 24.0 Å². The number of hydrogen-bond donors (Lipinski definition) is 2. The lowest BCUT2D eigenvalue weighted by atomic mass is 10.1. The minimum atomic E-state index is 0. The zero-order chi connectivity index (χ0) is 13.1. The number of rotatable bonds is 3. The van der Waals surface area contributed by atoms with E-state index in [0.717, 1.165) is 43.7 Å². The van der Waals surface area contributed by atoms with Crippen LogP contribution in [0.3, 0.4) is 0 Å². The highest BCUT2D eigenvalue weighted by molar-refractivity contribution is 5.95. The van der Waals surface area contributed by atoms with Crippen LogP contribution in [0.2, 0.25) is 0 Å². The van der Waals surface area contributed by atoms with Gasteiger partial charge >= 0.3 is 0 Å². The molecule has 1 amide bonds. The summed E-state index contributed by atoms with van der Waals surface area (Å²) in [5.74, 6) is 0.00359. The third-order valence-corrected chi connectivity index (χ3v) is 3.84. The van der Waals surface area contributed by atoms with E-state index in [1.165, 1.54) is 12.0 Å². The third kappa shape index (κ3) is 3.44. The smallest absolute Gasteiger partial charge is 0.251 e. The Hall–Kier alpha value is -1.26. The molecule has 0 spiro atoms. The fourth-order valence-corrected chi connectivity index (χ4v) is 2.72. The minimum absolute atomic E-state index is 0. The van der Waals surface area contributed by atoms with Crippen molar-refractivity contribution < 1.29 is 9.53 Å². The Kier molecular flexibility index (Phi) is 5.26. The molecule has 1 saturated heterocycles. The molecule has 1 unspecified atom stereocenters. The summed E-state index contributed by atoms with van der Waals surface area (Å²) in [5, 5.41) is 6.27. The van der Waals surface area contributed by atoms with Gasteiger partial charge in [0.25, 0.3) is 5.91 Å². The second-order valence-corrected chi connectivity index (χ2v) is 5.25. The molecule has 1 aromatic carbocycles. The molecule has 2 heterocycles. The second kappa shape index (κ2) is 6.95. The number of halogens is 1. The molecule has 4 nitrogen and oxygen atoms in total. The van der Waals surface area contributed by atoms with E-state index in [4.69, 9.17) is 4.74 Å². The van der Waals surface area contributed by atoms with E-state index < -0.39 is 0 Å². The Morgan fingerprint density at radius 2 is 2.30 bits per heavy atom. The molecule has 1 atom stereocenters. The molecule has 2 N–H and O–H groups in total. The maximum Gasteiger partial charge on any atom is 0.251 e. The van der Waals surface area contributed by atoms with E-state index in [2.05, 4.69) is 10.6 Å². The zero-order valence-corrected chi connectivity index (χ0v) is 12.3. The Bertz CT molecular complexity index is 473. The van der Waals surface area contributed by atoms with Crippen LogP contribution in [0.15, 0.2) is 18.2 Å². The highest BCUT2D eigenvalue weighted by Gasteiger charge is 2.17. The standard InChI is InChI=1S/C15H20N2O2.ClH/c18-15(17-10-13-3-1-2-8-19-13)12-4-5-14-11(9-12)6-7-16-14;/h4-5,9,13,16H,1-3,6-8,10H2,(H,17,18);1H. The first kappa shape index (κ1) is 15.1. The fourth-order valence-electron chi connectivity index (χ4n) is 2.72. The van der Waals surface area contributed by atoms with Crippen molar-refractivity contribution in [2.24, 2.45) is 0 Å². The summed E-state index contributed by atoms with van der Waals surface area (Å²) in [6, 6.07) is 5.87. The van der Waals surface area contributed by atoms with Crippen LogP contribution in [0.4, 0.5) is 5.69 Å². The maximum atomic E-state index is 12.1. The summed E-state index contributed by atoms with van der Waals surface area (Å²) in [6.45, 7) is 2.41. The molecule has 0 saturated carbocycles. The van der Waals surface area contributed by atoms with Crippen molar-refractivity contribution in [3.8, 4) is 0 Å². The lowest BCUT2D eigenvalue weighted by Crippen LogP contribution is -2.35. The fraction of sp³-hybridized carbons (Fsp3) is 0.533. The lowest BCUT2D eigenvalue weighted by Gasteiger charge is -2.22. The number of carbonyl (C=O) groups excluding carboxylic acids is 1. The van der Waals surface area contributed by atoms with Gasteiger partial charge in [-0.3, -0.25) is 4.79 Å². The largest absolute Gasteiger partial charge is 0.384 e. The Morgan fingerprint density at radius 1 is 1.40 bits per heavy atom. The van der Waals surface area contributed by atoms with E-state index in [0.29, 0.717) is 6.54 Å². The van der Waals surface area contributed by atoms with Crippen LogP contribution in [-0.4, -0.2) is 31.7 Å². The monoisotopic (exact) mass is 296 g/mol. The van der Waals surface area contributed by atoms with Gasteiger partial charge in [-0.15, -0.1) is 12.4 Å². The normalized spacial score (nSPS) is 20.5. The van der Waals surface area contributed by atoms with Crippen molar-refractivity contribution in [3.63, 3.8) is 0 Å². The first-order valence-corrected chi connectivity index (χ1v) is 7.09. The van der Waals surface area contributed by atoms with Crippen LogP contribution in [0, 0.1) is 0 Å². The predicted molar refractivity (Wildman–Crippen MR) is 81.8 cm³/mol. The number of anilines is 1. The van der Waals surface area contributed by atoms with Gasteiger partial charge in [0.2, 0.25) is 0 Å². The molecule has 20 heavy (non-hydrogen) atoms. The number of hydrogen-bond acceptors (Lipinski definition) is 3. The van der Waals surface area contributed by atoms with Crippen LogP contribution < -0.4 is 10.6 Å². The number of amides is 1. The van der Waals surface area contributed by atoms with Crippen molar-refractivity contribution in [1.82, 2.24) is 5.32 Å². The molecule has 0 aromatic heterocycles. The van der Waals surface area contributed by atoms with Gasteiger partial charge < -0.3 is 15.4 Å². The van der Waals surface area contributed by atoms with Crippen molar-refractivity contribution in [2.75, 3.05) is 25.0 Å². The average molecular weight is 297 g/mol. The van der Waals surface area contributed by atoms with Crippen LogP contribution in [0.1, 0.15) is 35.2 Å². The Labute approximate surface area is 125 Å². The van der Waals surface area contributed by atoms with Gasteiger partial charge in [-0.1, -0.05) is 0 Å². The van der Waals surface area contributed by atoms with Crippen molar-refractivity contribution in [2.45, 2.75) is 31.8 Å². The zero-order valence-electron chi connectivity index (χ0n) is 11.5. The second-order valence-electron chi connectivity index (χ2n) is 5.25. The molecule has 0 aliphatic carbocycles. The van der Waals surface area contributed by atoms with Gasteiger partial charge in [0, 0.05) is 30.9 Å². The molecule has 0 bridgehead atoms. The van der Waals surface area contributed by atoms with Gasteiger partial charge in [-0.25, -0.2) is 0 Å². The number of benzene rings is 1. The summed E-state index contributed by atoms with van der Waals surface area (Å²) in [7, 11) is 0. The predicted octanol–water partition coefficient (Wildman–Crippen LogP) is 2.38. The van der Waals surface area contributed by atoms with E-state index >= 15 is 0 Å². The van der Waals surface area contributed by atoms with Crippen LogP contribution in [-0.2, 0) is 11.2 Å². The van der Waals surface area contributed by atoms with E-state index in [1.807, 2.05) is 18.2 Å². The number of nitrogens with one attached hydrogen (secondary N) is 2. The molecule has 1 aromatic rings. The number of carbonyl (C=O) groups is 1. The topological polar surface area (TPSA) is 50.4 Å². The summed E-state index contributed by atoms with van der Waals surface area (Å²) in [4.78, 5) is 12.1. The van der Waals surface area contributed by atoms with Crippen LogP contribution in [0.5, 0.6) is 0 Å². The quantitative estimate of drug-likeness (QED) is 0.900. The Balaban J connectivity index is 0.00000147. The highest BCUT2D eigenvalue weighted by atomic mass is 35.5. The molecule has 2 aliphatic heterocycles. The third-order valence-electron chi connectivity index (χ3n) is 3.84. The lowest BCUT2D eigenvalue weighted by molar-refractivity contribution is 0.0169. The number of ether oxygens (including phenoxy) is 1. The number of fused-ring (bicyclic) bond motifs is 1. The van der Waals surface area contributed by atoms with Crippen LogP contribution in [0.25, 0.3) is 0 Å². The molecule has 0 radical (unpaired) electrons. The van der Waals surface area contributed by atoms with Crippen LogP contribution >= 0.6 is 12.4 Å². The molecule has 110 valence electrons. The van der Waals surface area contributed by atoms with Gasteiger partial charge in [0.1, 0.15) is 0 Å². The summed E-state index contributed by atoms with van der Waals surface area (Å²) in [5.41, 5.74) is 3.15. The summed E-state index contributed by atoms with van der Waals surface area (Å²) in [6.07, 6.45) is 4.58. The minimum Gasteiger partial charge on any atom is -0.384 e. The van der Waals surface area contributed by atoms with E-state index in [-0.39, 0.29) is 24.4 Å². The van der Waals surface area contributed by atoms with Gasteiger partial charge in [-0.05, 0) is 49.4 Å². The first-order chi connectivity index (χ1) is 9.33. The van der Waals surface area contributed by atoms with E-state index in [1.54, 1.807) is 0 Å². The maximum absolute atomic E-state index is 12.1. The first-order valence-electron chi connectivity index (χ1n) is 7.09.